The Labute approximate surface area is 146 Å². The van der Waals surface area contributed by atoms with Crippen molar-refractivity contribution in [2.24, 2.45) is 0 Å². The highest BCUT2D eigenvalue weighted by atomic mass is 16.5. The molecule has 25 heavy (non-hydrogen) atoms. The molecule has 1 fully saturated rings. The molecule has 7 nitrogen and oxygen atoms in total. The number of hydrogen-bond acceptors (Lipinski definition) is 6. The third-order valence-corrected chi connectivity index (χ3v) is 4.72. The van der Waals surface area contributed by atoms with Crippen molar-refractivity contribution in [2.75, 3.05) is 43.1 Å². The van der Waals surface area contributed by atoms with Crippen LogP contribution in [0.4, 0.5) is 11.5 Å². The van der Waals surface area contributed by atoms with Gasteiger partial charge >= 0.3 is 0 Å². The van der Waals surface area contributed by atoms with Gasteiger partial charge in [0.05, 0.1) is 13.4 Å². The van der Waals surface area contributed by atoms with Gasteiger partial charge in [-0.15, -0.1) is 0 Å². The molecule has 0 atom stereocenters. The molecule has 0 N–H and O–H groups in total. The molecule has 130 valence electrons. The van der Waals surface area contributed by atoms with Crippen LogP contribution in [0.15, 0.2) is 36.9 Å². The molecule has 1 saturated heterocycles. The molecule has 1 aliphatic heterocycles. The maximum Gasteiger partial charge on any atom is 0.165 e. The summed E-state index contributed by atoms with van der Waals surface area (Å²) in [5.74, 6) is 1.82. The number of benzene rings is 1. The van der Waals surface area contributed by atoms with Gasteiger partial charge in [0.25, 0.3) is 0 Å². The highest BCUT2D eigenvalue weighted by molar-refractivity contribution is 5.83. The van der Waals surface area contributed by atoms with Crippen LogP contribution in [0.2, 0.25) is 0 Å². The second-order valence-electron chi connectivity index (χ2n) is 6.08. The Morgan fingerprint density at radius 3 is 2.60 bits per heavy atom. The number of anilines is 2. The van der Waals surface area contributed by atoms with Gasteiger partial charge in [0, 0.05) is 44.5 Å². The summed E-state index contributed by atoms with van der Waals surface area (Å²) < 4.78 is 7.38. The van der Waals surface area contributed by atoms with Crippen molar-refractivity contribution in [1.82, 2.24) is 19.5 Å². The lowest BCUT2D eigenvalue weighted by atomic mass is 10.2. The molecule has 1 aliphatic rings. The van der Waals surface area contributed by atoms with E-state index in [-0.39, 0.29) is 0 Å². The summed E-state index contributed by atoms with van der Waals surface area (Å²) in [4.78, 5) is 18.1. The third kappa shape index (κ3) is 2.86. The molecule has 0 unspecified atom stereocenters. The number of rotatable bonds is 4. The predicted molar refractivity (Wildman–Crippen MR) is 98.4 cm³/mol. The molecular formula is C18H22N6O. The Balaban J connectivity index is 1.53. The molecule has 0 aliphatic carbocycles. The minimum atomic E-state index is 0.858. The minimum absolute atomic E-state index is 0.858. The number of aryl methyl sites for hydroxylation is 1. The molecule has 4 rings (SSSR count). The Morgan fingerprint density at radius 2 is 1.84 bits per heavy atom. The first-order valence-electron chi connectivity index (χ1n) is 8.60. The van der Waals surface area contributed by atoms with Crippen molar-refractivity contribution < 1.29 is 4.74 Å². The Hall–Kier alpha value is -2.83. The van der Waals surface area contributed by atoms with Gasteiger partial charge in [0.2, 0.25) is 0 Å². The summed E-state index contributed by atoms with van der Waals surface area (Å²) in [6.45, 7) is 6.64. The molecule has 0 radical (unpaired) electrons. The van der Waals surface area contributed by atoms with Gasteiger partial charge in [-0.1, -0.05) is 6.07 Å². The van der Waals surface area contributed by atoms with E-state index in [4.69, 9.17) is 4.74 Å². The average molecular weight is 338 g/mol. The average Bonchev–Trinajstić information content (AvgIpc) is 3.11. The number of aromatic nitrogens is 4. The first-order chi connectivity index (χ1) is 12.3. The van der Waals surface area contributed by atoms with E-state index in [9.17, 15) is 0 Å². The van der Waals surface area contributed by atoms with E-state index in [2.05, 4.69) is 43.8 Å². The Bertz CT molecular complexity index is 869. The summed E-state index contributed by atoms with van der Waals surface area (Å²) in [6.07, 6.45) is 3.48. The van der Waals surface area contributed by atoms with Gasteiger partial charge in [-0.2, -0.15) is 0 Å². The third-order valence-electron chi connectivity index (χ3n) is 4.72. The predicted octanol–water partition coefficient (Wildman–Crippen LogP) is 2.18. The molecule has 7 heteroatoms. The van der Waals surface area contributed by atoms with Gasteiger partial charge in [0.15, 0.2) is 17.0 Å². The number of methoxy groups -OCH3 is 1. The van der Waals surface area contributed by atoms with E-state index >= 15 is 0 Å². The van der Waals surface area contributed by atoms with Crippen molar-refractivity contribution in [2.45, 2.75) is 13.5 Å². The number of piperazine rings is 1. The lowest BCUT2D eigenvalue weighted by Gasteiger charge is -2.36. The molecule has 3 heterocycles. The fourth-order valence-corrected chi connectivity index (χ4v) is 3.31. The van der Waals surface area contributed by atoms with Crippen LogP contribution in [-0.2, 0) is 6.54 Å². The second-order valence-corrected chi connectivity index (χ2v) is 6.08. The molecule has 0 saturated carbocycles. The number of hydrogen-bond donors (Lipinski definition) is 0. The van der Waals surface area contributed by atoms with Crippen molar-refractivity contribution in [3.05, 3.63) is 36.9 Å². The normalized spacial score (nSPS) is 15.0. The zero-order valence-corrected chi connectivity index (χ0v) is 14.6. The summed E-state index contributed by atoms with van der Waals surface area (Å²) in [5, 5.41) is 0. The van der Waals surface area contributed by atoms with Crippen molar-refractivity contribution in [3.63, 3.8) is 0 Å². The number of fused-ring (bicyclic) bond motifs is 1. The molecular weight excluding hydrogens is 316 g/mol. The molecule has 1 aromatic carbocycles. The lowest BCUT2D eigenvalue weighted by Crippen LogP contribution is -2.47. The zero-order valence-electron chi connectivity index (χ0n) is 14.6. The Morgan fingerprint density at radius 1 is 1.04 bits per heavy atom. The lowest BCUT2D eigenvalue weighted by molar-refractivity contribution is 0.414. The quantitative estimate of drug-likeness (QED) is 0.727. The van der Waals surface area contributed by atoms with E-state index in [1.165, 1.54) is 5.69 Å². The van der Waals surface area contributed by atoms with Gasteiger partial charge in [0.1, 0.15) is 12.1 Å². The highest BCUT2D eigenvalue weighted by Crippen LogP contribution is 2.26. The second kappa shape index (κ2) is 6.58. The number of nitrogens with zero attached hydrogens (tertiary/aromatic N) is 6. The zero-order chi connectivity index (χ0) is 17.2. The van der Waals surface area contributed by atoms with Crippen LogP contribution >= 0.6 is 0 Å². The van der Waals surface area contributed by atoms with Crippen LogP contribution in [0.1, 0.15) is 6.92 Å². The maximum atomic E-state index is 5.33. The van der Waals surface area contributed by atoms with E-state index in [0.29, 0.717) is 0 Å². The van der Waals surface area contributed by atoms with Crippen LogP contribution in [0.25, 0.3) is 11.2 Å². The SMILES string of the molecule is CCn1cnc2c(N3CCN(c4cccc(OC)c4)CC3)ncnc21. The molecule has 0 bridgehead atoms. The minimum Gasteiger partial charge on any atom is -0.497 e. The van der Waals surface area contributed by atoms with Crippen LogP contribution in [-0.4, -0.2) is 52.8 Å². The van der Waals surface area contributed by atoms with Crippen molar-refractivity contribution in [3.8, 4) is 5.75 Å². The Kier molecular flexibility index (Phi) is 4.13. The van der Waals surface area contributed by atoms with Crippen LogP contribution in [0.5, 0.6) is 5.75 Å². The largest absolute Gasteiger partial charge is 0.497 e. The van der Waals surface area contributed by atoms with Crippen LogP contribution in [0, 0.1) is 0 Å². The highest BCUT2D eigenvalue weighted by Gasteiger charge is 2.21. The topological polar surface area (TPSA) is 59.3 Å². The summed E-state index contributed by atoms with van der Waals surface area (Å²) >= 11 is 0. The fourth-order valence-electron chi connectivity index (χ4n) is 3.31. The van der Waals surface area contributed by atoms with Crippen molar-refractivity contribution >= 4 is 22.7 Å². The monoisotopic (exact) mass is 338 g/mol. The number of ether oxygens (including phenoxy) is 1. The van der Waals surface area contributed by atoms with E-state index in [0.717, 1.165) is 55.5 Å². The van der Waals surface area contributed by atoms with Crippen LogP contribution in [0.3, 0.4) is 0 Å². The van der Waals surface area contributed by atoms with Gasteiger partial charge < -0.3 is 19.1 Å². The maximum absolute atomic E-state index is 5.33. The van der Waals surface area contributed by atoms with Gasteiger partial charge in [-0.05, 0) is 19.1 Å². The first kappa shape index (κ1) is 15.7. The van der Waals surface area contributed by atoms with E-state index < -0.39 is 0 Å². The summed E-state index contributed by atoms with van der Waals surface area (Å²) in [7, 11) is 1.70. The fraction of sp³-hybridized carbons (Fsp3) is 0.389. The molecule has 2 aromatic heterocycles. The van der Waals surface area contributed by atoms with Gasteiger partial charge in [-0.3, -0.25) is 0 Å². The summed E-state index contributed by atoms with van der Waals surface area (Å²) in [5.41, 5.74) is 2.99. The van der Waals surface area contributed by atoms with Crippen LogP contribution < -0.4 is 14.5 Å². The smallest absolute Gasteiger partial charge is 0.165 e. The first-order valence-corrected chi connectivity index (χ1v) is 8.60. The van der Waals surface area contributed by atoms with Gasteiger partial charge in [-0.25, -0.2) is 15.0 Å². The standard InChI is InChI=1S/C18H22N6O/c1-3-22-13-21-16-17(22)19-12-20-18(16)24-9-7-23(8-10-24)14-5-4-6-15(11-14)25-2/h4-6,11-13H,3,7-10H2,1-2H3. The molecule has 0 spiro atoms. The van der Waals surface area contributed by atoms with E-state index in [1.54, 1.807) is 13.4 Å². The molecule has 3 aromatic rings. The van der Waals surface area contributed by atoms with Crippen molar-refractivity contribution in [1.29, 1.82) is 0 Å². The number of imidazole rings is 1. The summed E-state index contributed by atoms with van der Waals surface area (Å²) in [6, 6.07) is 8.22. The molecule has 0 amide bonds. The van der Waals surface area contributed by atoms with E-state index in [1.807, 2.05) is 23.0 Å².